The summed E-state index contributed by atoms with van der Waals surface area (Å²) >= 11 is 0. The van der Waals surface area contributed by atoms with Crippen LogP contribution in [-0.2, 0) is 14.9 Å². The quantitative estimate of drug-likeness (QED) is 0.655. The first-order chi connectivity index (χ1) is 7.40. The zero-order valence-corrected chi connectivity index (χ0v) is 10.3. The fourth-order valence-corrected chi connectivity index (χ4v) is 2.62. The third-order valence-corrected chi connectivity index (χ3v) is 4.09. The van der Waals surface area contributed by atoms with Crippen LogP contribution in [0.5, 0.6) is 0 Å². The number of carbonyl (C=O) groups is 1. The van der Waals surface area contributed by atoms with Crippen molar-refractivity contribution in [3.05, 3.63) is 0 Å². The van der Waals surface area contributed by atoms with E-state index in [0.29, 0.717) is 13.1 Å². The van der Waals surface area contributed by atoms with Crippen LogP contribution in [0.4, 0.5) is 0 Å². The average Bonchev–Trinajstić information content (AvgIpc) is 2.67. The van der Waals surface area contributed by atoms with Crippen molar-refractivity contribution in [3.63, 3.8) is 0 Å². The molecule has 1 heterocycles. The Morgan fingerprint density at radius 3 is 2.38 bits per heavy atom. The van der Waals surface area contributed by atoms with E-state index in [2.05, 4.69) is 5.32 Å². The van der Waals surface area contributed by atoms with Crippen LogP contribution >= 0.6 is 0 Å². The summed E-state index contributed by atoms with van der Waals surface area (Å²) in [5.74, 6) is -0.101. The zero-order chi connectivity index (χ0) is 12.3. The average molecular weight is 250 g/mol. The smallest absolute Gasteiger partial charge is 0.269 e. The van der Waals surface area contributed by atoms with Gasteiger partial charge in [-0.2, -0.15) is 8.42 Å². The number of nitrogens with one attached hydrogen (secondary N) is 1. The lowest BCUT2D eigenvalue weighted by Gasteiger charge is -2.22. The fraction of sp³-hybridized carbons (Fsp3) is 0.889. The third-order valence-electron chi connectivity index (χ3n) is 2.88. The van der Waals surface area contributed by atoms with Crippen LogP contribution < -0.4 is 5.32 Å². The third kappa shape index (κ3) is 2.93. The molecule has 6 nitrogen and oxygen atoms in total. The molecule has 7 heteroatoms. The van der Waals surface area contributed by atoms with Crippen molar-refractivity contribution in [1.82, 2.24) is 10.2 Å². The fourth-order valence-electron chi connectivity index (χ4n) is 1.87. The molecule has 16 heavy (non-hydrogen) atoms. The Hall–Kier alpha value is -0.660. The highest BCUT2D eigenvalue weighted by Gasteiger charge is 2.37. The van der Waals surface area contributed by atoms with Crippen molar-refractivity contribution in [1.29, 1.82) is 0 Å². The minimum atomic E-state index is -4.04. The molecule has 1 saturated heterocycles. The molecule has 2 N–H and O–H groups in total. The minimum absolute atomic E-state index is 0.101. The van der Waals surface area contributed by atoms with Gasteiger partial charge in [0.15, 0.2) is 0 Å². The van der Waals surface area contributed by atoms with E-state index in [9.17, 15) is 13.2 Å². The summed E-state index contributed by atoms with van der Waals surface area (Å²) in [6.07, 6.45) is 0.147. The molecule has 1 rings (SSSR count). The van der Waals surface area contributed by atoms with E-state index in [1.165, 1.54) is 0 Å². The van der Waals surface area contributed by atoms with Crippen LogP contribution in [-0.4, -0.2) is 54.7 Å². The number of hydrogen-bond acceptors (Lipinski definition) is 4. The van der Waals surface area contributed by atoms with E-state index >= 15 is 0 Å². The summed E-state index contributed by atoms with van der Waals surface area (Å²) in [5, 5.41) is 1.97. The molecule has 0 spiro atoms. The van der Waals surface area contributed by atoms with Crippen molar-refractivity contribution in [3.8, 4) is 0 Å². The summed E-state index contributed by atoms with van der Waals surface area (Å²) in [6.45, 7) is 5.08. The van der Waals surface area contributed by atoms with Gasteiger partial charge in [-0.15, -0.1) is 0 Å². The normalized spacial score (nSPS) is 25.7. The van der Waals surface area contributed by atoms with Crippen LogP contribution in [0.15, 0.2) is 0 Å². The molecule has 1 fully saturated rings. The molecule has 1 amide bonds. The first-order valence-corrected chi connectivity index (χ1v) is 6.88. The first kappa shape index (κ1) is 13.4. The lowest BCUT2D eigenvalue weighted by molar-refractivity contribution is -0.132. The van der Waals surface area contributed by atoms with Crippen LogP contribution in [0, 0.1) is 0 Å². The largest absolute Gasteiger partial charge is 0.342 e. The Morgan fingerprint density at radius 2 is 2.00 bits per heavy atom. The van der Waals surface area contributed by atoms with Gasteiger partial charge < -0.3 is 10.2 Å². The van der Waals surface area contributed by atoms with E-state index in [4.69, 9.17) is 4.55 Å². The van der Waals surface area contributed by atoms with Gasteiger partial charge in [0, 0.05) is 19.6 Å². The molecular formula is C9H18N2O4S. The second kappa shape index (κ2) is 5.11. The van der Waals surface area contributed by atoms with Crippen LogP contribution in [0.25, 0.3) is 0 Å². The minimum Gasteiger partial charge on any atom is -0.342 e. The molecule has 0 bridgehead atoms. The number of rotatable bonds is 4. The maximum atomic E-state index is 11.9. The summed E-state index contributed by atoms with van der Waals surface area (Å²) in [4.78, 5) is 13.5. The molecule has 1 aliphatic heterocycles. The Bertz CT molecular complexity index is 351. The summed E-state index contributed by atoms with van der Waals surface area (Å²) in [5.41, 5.74) is 0. The van der Waals surface area contributed by atoms with Crippen molar-refractivity contribution < 1.29 is 17.8 Å². The van der Waals surface area contributed by atoms with E-state index in [1.54, 1.807) is 4.90 Å². The highest BCUT2D eigenvalue weighted by molar-refractivity contribution is 7.86. The van der Waals surface area contributed by atoms with Gasteiger partial charge in [-0.25, -0.2) is 0 Å². The predicted octanol–water partition coefficient (Wildman–Crippen LogP) is -0.527. The summed E-state index contributed by atoms with van der Waals surface area (Å²) < 4.78 is 30.7. The van der Waals surface area contributed by atoms with E-state index in [0.717, 1.165) is 0 Å². The van der Waals surface area contributed by atoms with Crippen LogP contribution in [0.3, 0.4) is 0 Å². The van der Waals surface area contributed by atoms with Crippen molar-refractivity contribution in [2.24, 2.45) is 0 Å². The van der Waals surface area contributed by atoms with E-state index in [-0.39, 0.29) is 18.9 Å². The molecular weight excluding hydrogens is 232 g/mol. The van der Waals surface area contributed by atoms with Crippen molar-refractivity contribution >= 4 is 16.0 Å². The van der Waals surface area contributed by atoms with Gasteiger partial charge in [0.2, 0.25) is 5.91 Å². The molecule has 0 aromatic carbocycles. The summed E-state index contributed by atoms with van der Waals surface area (Å²) in [6, 6.07) is -0.494. The van der Waals surface area contributed by atoms with Crippen LogP contribution in [0.2, 0.25) is 0 Å². The molecule has 94 valence electrons. The number of amides is 1. The maximum Gasteiger partial charge on any atom is 0.269 e. The standard InChI is InChI=1S/C9H18N2O4S/c1-3-11(4-2)9(12)8-5-7(6-10-8)16(13,14)15/h7-8,10H,3-6H2,1-2H3,(H,13,14,15)/t7-,8+/m1/s1. The van der Waals surface area contributed by atoms with Gasteiger partial charge in [-0.1, -0.05) is 0 Å². The molecule has 0 aromatic rings. The Balaban J connectivity index is 2.63. The second-order valence-electron chi connectivity index (χ2n) is 3.84. The highest BCUT2D eigenvalue weighted by Crippen LogP contribution is 2.15. The number of carbonyl (C=O) groups excluding carboxylic acids is 1. The number of nitrogens with zero attached hydrogens (tertiary/aromatic N) is 1. The molecule has 1 aliphatic rings. The molecule has 0 aromatic heterocycles. The molecule has 0 radical (unpaired) electrons. The summed E-state index contributed by atoms with van der Waals surface area (Å²) in [7, 11) is -4.04. The SMILES string of the molecule is CCN(CC)C(=O)[C@@H]1C[C@@H](S(=O)(=O)O)CN1. The molecule has 0 saturated carbocycles. The van der Waals surface area contributed by atoms with Crippen LogP contribution in [0.1, 0.15) is 20.3 Å². The Labute approximate surface area is 95.8 Å². The van der Waals surface area contributed by atoms with Gasteiger partial charge in [0.05, 0.1) is 6.04 Å². The number of likely N-dealkylation sites (N-methyl/N-ethyl adjacent to an activating group) is 1. The van der Waals surface area contributed by atoms with Crippen molar-refractivity contribution in [2.75, 3.05) is 19.6 Å². The Kier molecular flexibility index (Phi) is 4.28. The van der Waals surface area contributed by atoms with Gasteiger partial charge in [0.25, 0.3) is 10.1 Å². The highest BCUT2D eigenvalue weighted by atomic mass is 32.2. The molecule has 2 atom stereocenters. The van der Waals surface area contributed by atoms with Gasteiger partial charge in [-0.05, 0) is 20.3 Å². The van der Waals surface area contributed by atoms with Gasteiger partial charge in [-0.3, -0.25) is 9.35 Å². The zero-order valence-electron chi connectivity index (χ0n) is 9.51. The lowest BCUT2D eigenvalue weighted by Crippen LogP contribution is -2.43. The topological polar surface area (TPSA) is 86.7 Å². The van der Waals surface area contributed by atoms with Gasteiger partial charge >= 0.3 is 0 Å². The van der Waals surface area contributed by atoms with E-state index in [1.807, 2.05) is 13.8 Å². The molecule has 0 unspecified atom stereocenters. The lowest BCUT2D eigenvalue weighted by atomic mass is 10.2. The first-order valence-electron chi connectivity index (χ1n) is 5.38. The Morgan fingerprint density at radius 1 is 1.44 bits per heavy atom. The predicted molar refractivity (Wildman–Crippen MR) is 59.7 cm³/mol. The number of hydrogen-bond donors (Lipinski definition) is 2. The maximum absolute atomic E-state index is 11.9. The monoisotopic (exact) mass is 250 g/mol. The van der Waals surface area contributed by atoms with Gasteiger partial charge in [0.1, 0.15) is 5.25 Å². The molecule has 0 aliphatic carbocycles. The second-order valence-corrected chi connectivity index (χ2v) is 5.54. The van der Waals surface area contributed by atoms with Crippen molar-refractivity contribution in [2.45, 2.75) is 31.6 Å². The van der Waals surface area contributed by atoms with E-state index < -0.39 is 21.4 Å².